The summed E-state index contributed by atoms with van der Waals surface area (Å²) in [5, 5.41) is 4.64. The number of H-pyrrole nitrogens is 1. The number of pyridine rings is 2. The van der Waals surface area contributed by atoms with E-state index in [0.29, 0.717) is 22.8 Å². The number of nitrogens with zero attached hydrogens (tertiary/aromatic N) is 2. The minimum atomic E-state index is -0.280. The van der Waals surface area contributed by atoms with Crippen molar-refractivity contribution in [2.24, 2.45) is 0 Å². The number of halogens is 1. The molecular formula is C28H29FN4O. The van der Waals surface area contributed by atoms with E-state index in [1.807, 2.05) is 19.1 Å². The minimum Gasteiger partial charge on any atom is -0.340 e. The van der Waals surface area contributed by atoms with Gasteiger partial charge in [0.2, 0.25) is 0 Å². The highest BCUT2D eigenvalue weighted by Crippen LogP contribution is 2.32. The summed E-state index contributed by atoms with van der Waals surface area (Å²) in [4.78, 5) is 22.7. The van der Waals surface area contributed by atoms with Crippen molar-refractivity contribution >= 4 is 22.3 Å². The molecule has 3 heterocycles. The lowest BCUT2D eigenvalue weighted by Crippen LogP contribution is -2.32. The van der Waals surface area contributed by atoms with Crippen molar-refractivity contribution in [2.45, 2.75) is 32.6 Å². The van der Waals surface area contributed by atoms with Crippen LogP contribution < -0.4 is 10.9 Å². The summed E-state index contributed by atoms with van der Waals surface area (Å²) >= 11 is 0. The molecule has 1 aliphatic rings. The number of aromatic amines is 1. The highest BCUT2D eigenvalue weighted by Gasteiger charge is 2.19. The Balaban J connectivity index is 1.48. The molecule has 0 radical (unpaired) electrons. The first-order valence-corrected chi connectivity index (χ1v) is 11.9. The molecule has 6 heteroatoms. The Morgan fingerprint density at radius 2 is 1.85 bits per heavy atom. The van der Waals surface area contributed by atoms with Crippen LogP contribution in [0.25, 0.3) is 22.0 Å². The third-order valence-corrected chi connectivity index (χ3v) is 6.90. The van der Waals surface area contributed by atoms with Crippen LogP contribution in [0.15, 0.2) is 65.6 Å². The largest absolute Gasteiger partial charge is 0.340 e. The molecule has 0 aliphatic carbocycles. The maximum Gasteiger partial charge on any atom is 0.259 e. The fourth-order valence-electron chi connectivity index (χ4n) is 4.91. The van der Waals surface area contributed by atoms with E-state index in [9.17, 15) is 9.18 Å². The predicted octanol–water partition coefficient (Wildman–Crippen LogP) is 5.98. The second-order valence-electron chi connectivity index (χ2n) is 9.04. The van der Waals surface area contributed by atoms with Crippen molar-refractivity contribution in [1.82, 2.24) is 14.9 Å². The summed E-state index contributed by atoms with van der Waals surface area (Å²) in [6.45, 7) is 7.49. The quantitative estimate of drug-likeness (QED) is 0.388. The Hall–Kier alpha value is -3.51. The third-order valence-electron chi connectivity index (χ3n) is 6.90. The van der Waals surface area contributed by atoms with Gasteiger partial charge in [-0.1, -0.05) is 19.1 Å². The Kier molecular flexibility index (Phi) is 6.16. The van der Waals surface area contributed by atoms with Crippen LogP contribution in [0.2, 0.25) is 0 Å². The fraction of sp³-hybridized carbons (Fsp3) is 0.286. The summed E-state index contributed by atoms with van der Waals surface area (Å²) in [6, 6.07) is 16.9. The van der Waals surface area contributed by atoms with E-state index in [0.717, 1.165) is 41.8 Å². The molecule has 0 spiro atoms. The van der Waals surface area contributed by atoms with Crippen LogP contribution in [0.3, 0.4) is 0 Å². The molecule has 4 aromatic rings. The van der Waals surface area contributed by atoms with Gasteiger partial charge in [0.1, 0.15) is 11.6 Å². The molecular weight excluding hydrogens is 427 g/mol. The van der Waals surface area contributed by atoms with Crippen LogP contribution >= 0.6 is 0 Å². The van der Waals surface area contributed by atoms with Gasteiger partial charge in [-0.2, -0.15) is 0 Å². The van der Waals surface area contributed by atoms with E-state index in [2.05, 4.69) is 46.4 Å². The van der Waals surface area contributed by atoms with Gasteiger partial charge in [-0.25, -0.2) is 9.37 Å². The van der Waals surface area contributed by atoms with Gasteiger partial charge in [0.15, 0.2) is 0 Å². The van der Waals surface area contributed by atoms with Crippen LogP contribution in [0, 0.1) is 12.7 Å². The van der Waals surface area contributed by atoms with Crippen molar-refractivity contribution < 1.29 is 4.39 Å². The first-order chi connectivity index (χ1) is 16.5. The van der Waals surface area contributed by atoms with Crippen molar-refractivity contribution in [1.29, 1.82) is 0 Å². The van der Waals surface area contributed by atoms with Gasteiger partial charge >= 0.3 is 0 Å². The van der Waals surface area contributed by atoms with Crippen molar-refractivity contribution in [3.63, 3.8) is 0 Å². The average Bonchev–Trinajstić information content (AvgIpc) is 2.84. The topological polar surface area (TPSA) is 61.0 Å². The van der Waals surface area contributed by atoms with E-state index in [1.165, 1.54) is 30.5 Å². The Morgan fingerprint density at radius 1 is 1.09 bits per heavy atom. The van der Waals surface area contributed by atoms with Gasteiger partial charge in [-0.15, -0.1) is 0 Å². The molecule has 0 unspecified atom stereocenters. The SMILES string of the molecule is CCN1CCC(c2ccc(Nc3nc(-c4ccc(F)cc4C)cc4cc[nH]c(=O)c34)cc2)CC1. The highest BCUT2D eigenvalue weighted by molar-refractivity contribution is 5.95. The molecule has 2 aromatic heterocycles. The highest BCUT2D eigenvalue weighted by atomic mass is 19.1. The molecule has 34 heavy (non-hydrogen) atoms. The van der Waals surface area contributed by atoms with Gasteiger partial charge in [-0.05, 0) is 104 Å². The Labute approximate surface area is 198 Å². The number of piperidine rings is 1. The maximum absolute atomic E-state index is 13.7. The second kappa shape index (κ2) is 9.39. The lowest BCUT2D eigenvalue weighted by molar-refractivity contribution is 0.222. The molecule has 174 valence electrons. The third kappa shape index (κ3) is 4.46. The number of hydrogen-bond donors (Lipinski definition) is 2. The zero-order chi connectivity index (χ0) is 23.7. The molecule has 0 bridgehead atoms. The summed E-state index contributed by atoms with van der Waals surface area (Å²) in [5.74, 6) is 0.794. The smallest absolute Gasteiger partial charge is 0.259 e. The molecule has 0 atom stereocenters. The monoisotopic (exact) mass is 456 g/mol. The van der Waals surface area contributed by atoms with Crippen LogP contribution in [0.4, 0.5) is 15.9 Å². The Morgan fingerprint density at radius 3 is 2.56 bits per heavy atom. The zero-order valence-corrected chi connectivity index (χ0v) is 19.6. The van der Waals surface area contributed by atoms with Crippen molar-refractivity contribution in [2.75, 3.05) is 25.0 Å². The first-order valence-electron chi connectivity index (χ1n) is 11.9. The van der Waals surface area contributed by atoms with Crippen LogP contribution in [0.1, 0.15) is 36.8 Å². The molecule has 1 fully saturated rings. The standard InChI is InChI=1S/C28H29FN4O/c1-3-33-14-11-20(12-15-33)19-4-7-23(8-5-19)31-27-26-21(10-13-30-28(26)34)17-25(32-27)24-9-6-22(29)16-18(24)2/h4-10,13,16-17,20H,3,11-12,14-15H2,1-2H3,(H,30,34)(H,31,32). The van der Waals surface area contributed by atoms with Crippen LogP contribution in [0.5, 0.6) is 0 Å². The fourth-order valence-corrected chi connectivity index (χ4v) is 4.91. The van der Waals surface area contributed by atoms with E-state index in [1.54, 1.807) is 12.3 Å². The molecule has 1 saturated heterocycles. The normalized spacial score (nSPS) is 15.0. The van der Waals surface area contributed by atoms with Crippen LogP contribution in [-0.4, -0.2) is 34.5 Å². The molecule has 0 saturated carbocycles. The summed E-state index contributed by atoms with van der Waals surface area (Å²) in [6.07, 6.45) is 4.00. The predicted molar refractivity (Wildman–Crippen MR) is 136 cm³/mol. The summed E-state index contributed by atoms with van der Waals surface area (Å²) < 4.78 is 13.7. The molecule has 5 nitrogen and oxygen atoms in total. The number of fused-ring (bicyclic) bond motifs is 1. The van der Waals surface area contributed by atoms with E-state index < -0.39 is 0 Å². The number of hydrogen-bond acceptors (Lipinski definition) is 4. The van der Waals surface area contributed by atoms with Crippen molar-refractivity contribution in [3.8, 4) is 11.3 Å². The molecule has 0 amide bonds. The lowest BCUT2D eigenvalue weighted by atomic mass is 9.89. The maximum atomic E-state index is 13.7. The van der Waals surface area contributed by atoms with Crippen LogP contribution in [-0.2, 0) is 0 Å². The zero-order valence-electron chi connectivity index (χ0n) is 19.6. The van der Waals surface area contributed by atoms with Crippen molar-refractivity contribution in [3.05, 3.63) is 88.1 Å². The van der Waals surface area contributed by atoms with E-state index in [4.69, 9.17) is 4.98 Å². The molecule has 2 aromatic carbocycles. The molecule has 2 N–H and O–H groups in total. The molecule has 5 rings (SSSR count). The van der Waals surface area contributed by atoms with Gasteiger partial charge in [0, 0.05) is 17.4 Å². The number of benzene rings is 2. The lowest BCUT2D eigenvalue weighted by Gasteiger charge is -2.31. The van der Waals surface area contributed by atoms with E-state index >= 15 is 0 Å². The first kappa shape index (κ1) is 22.3. The second-order valence-corrected chi connectivity index (χ2v) is 9.04. The minimum absolute atomic E-state index is 0.200. The molecule has 1 aliphatic heterocycles. The average molecular weight is 457 g/mol. The summed E-state index contributed by atoms with van der Waals surface area (Å²) in [7, 11) is 0. The van der Waals surface area contributed by atoms with Gasteiger partial charge in [0.05, 0.1) is 11.1 Å². The number of aryl methyl sites for hydroxylation is 1. The van der Waals surface area contributed by atoms with Gasteiger partial charge in [-0.3, -0.25) is 4.79 Å². The Bertz CT molecular complexity index is 1370. The summed E-state index contributed by atoms with van der Waals surface area (Å²) in [5.41, 5.74) is 4.35. The van der Waals surface area contributed by atoms with Gasteiger partial charge in [0.25, 0.3) is 5.56 Å². The number of rotatable bonds is 5. The number of likely N-dealkylation sites (tertiary alicyclic amines) is 1. The number of aromatic nitrogens is 2. The van der Waals surface area contributed by atoms with E-state index in [-0.39, 0.29) is 11.4 Å². The number of anilines is 2. The van der Waals surface area contributed by atoms with Gasteiger partial charge < -0.3 is 15.2 Å². The number of nitrogens with one attached hydrogen (secondary N) is 2.